The number of carbonyl (C=O) groups is 1. The second-order valence-corrected chi connectivity index (χ2v) is 4.70. The third-order valence-corrected chi connectivity index (χ3v) is 3.47. The van der Waals surface area contributed by atoms with Crippen LogP contribution in [0.1, 0.15) is 21.6 Å². The van der Waals surface area contributed by atoms with Crippen molar-refractivity contribution in [1.29, 1.82) is 0 Å². The molecule has 0 bridgehead atoms. The van der Waals surface area contributed by atoms with E-state index in [1.165, 1.54) is 17.1 Å². The average molecular weight is 271 g/mol. The number of hydrogen-bond donors (Lipinski definition) is 1. The van der Waals surface area contributed by atoms with Crippen LogP contribution in [0, 0.1) is 5.21 Å². The molecule has 1 aliphatic carbocycles. The highest BCUT2D eigenvalue weighted by atomic mass is 16.5. The second-order valence-electron chi connectivity index (χ2n) is 4.70. The summed E-state index contributed by atoms with van der Waals surface area (Å²) in [6.45, 7) is 3.97. The van der Waals surface area contributed by atoms with Gasteiger partial charge in [0.25, 0.3) is 0 Å². The first-order chi connectivity index (χ1) is 9.61. The van der Waals surface area contributed by atoms with Crippen LogP contribution in [-0.2, 0) is 19.4 Å². The Labute approximate surface area is 115 Å². The molecule has 0 aliphatic heterocycles. The Hall–Kier alpha value is -2.63. The predicted molar refractivity (Wildman–Crippen MR) is 71.2 cm³/mol. The zero-order valence-corrected chi connectivity index (χ0v) is 10.7. The first-order valence-electron chi connectivity index (χ1n) is 6.27. The maximum Gasteiger partial charge on any atom is 0.354 e. The zero-order valence-electron chi connectivity index (χ0n) is 10.7. The van der Waals surface area contributed by atoms with Gasteiger partial charge in [-0.25, -0.2) is 4.79 Å². The molecule has 0 fully saturated rings. The summed E-state index contributed by atoms with van der Waals surface area (Å²) in [7, 11) is 0. The van der Waals surface area contributed by atoms with Gasteiger partial charge in [0, 0.05) is 22.8 Å². The molecule has 6 nitrogen and oxygen atoms in total. The van der Waals surface area contributed by atoms with Crippen LogP contribution in [0.2, 0.25) is 0 Å². The van der Waals surface area contributed by atoms with Crippen molar-refractivity contribution in [2.75, 3.05) is 0 Å². The van der Waals surface area contributed by atoms with Gasteiger partial charge in [0.15, 0.2) is 12.4 Å². The van der Waals surface area contributed by atoms with Crippen molar-refractivity contribution in [3.05, 3.63) is 53.1 Å². The van der Waals surface area contributed by atoms with E-state index in [2.05, 4.69) is 11.7 Å². The summed E-state index contributed by atoms with van der Waals surface area (Å²) < 4.78 is 2.20. The Bertz CT molecular complexity index is 719. The fraction of sp³-hybridized carbons (Fsp3) is 0.214. The summed E-state index contributed by atoms with van der Waals surface area (Å²) >= 11 is 0. The lowest BCUT2D eigenvalue weighted by Gasteiger charge is -2.14. The monoisotopic (exact) mass is 271 g/mol. The molecule has 0 radical (unpaired) electrons. The number of aromatic carboxylic acids is 1. The molecule has 20 heavy (non-hydrogen) atoms. The van der Waals surface area contributed by atoms with Crippen molar-refractivity contribution in [1.82, 2.24) is 9.78 Å². The Balaban J connectivity index is 2.23. The fourth-order valence-corrected chi connectivity index (χ4v) is 2.66. The van der Waals surface area contributed by atoms with E-state index in [0.29, 0.717) is 25.1 Å². The summed E-state index contributed by atoms with van der Waals surface area (Å²) in [6, 6.07) is 1.69. The lowest BCUT2D eigenvalue weighted by Crippen LogP contribution is -2.26. The number of fused-ring (bicyclic) bond motifs is 3. The Morgan fingerprint density at radius 3 is 3.10 bits per heavy atom. The minimum absolute atomic E-state index is 0.212. The summed E-state index contributed by atoms with van der Waals surface area (Å²) in [5.41, 5.74) is 3.34. The molecule has 2 aromatic heterocycles. The van der Waals surface area contributed by atoms with E-state index in [4.69, 9.17) is 0 Å². The number of aryl methyl sites for hydroxylation is 1. The van der Waals surface area contributed by atoms with Gasteiger partial charge in [-0.3, -0.25) is 4.68 Å². The third kappa shape index (κ3) is 1.77. The first-order valence-corrected chi connectivity index (χ1v) is 6.27. The highest BCUT2D eigenvalue weighted by molar-refractivity contribution is 5.90. The van der Waals surface area contributed by atoms with Crippen molar-refractivity contribution < 1.29 is 14.6 Å². The summed E-state index contributed by atoms with van der Waals surface area (Å²) in [5.74, 6) is -0.987. The van der Waals surface area contributed by atoms with Crippen LogP contribution in [-0.4, -0.2) is 20.9 Å². The number of nitrogens with zero attached hydrogens (tertiary/aromatic N) is 3. The minimum Gasteiger partial charge on any atom is -0.619 e. The Morgan fingerprint density at radius 1 is 1.60 bits per heavy atom. The maximum absolute atomic E-state index is 11.4. The van der Waals surface area contributed by atoms with Gasteiger partial charge in [0.1, 0.15) is 5.69 Å². The van der Waals surface area contributed by atoms with Crippen molar-refractivity contribution in [3.8, 4) is 11.3 Å². The number of hydrogen-bond acceptors (Lipinski definition) is 3. The van der Waals surface area contributed by atoms with E-state index in [9.17, 15) is 15.1 Å². The van der Waals surface area contributed by atoms with Crippen molar-refractivity contribution in [3.63, 3.8) is 0 Å². The van der Waals surface area contributed by atoms with Crippen LogP contribution in [0.4, 0.5) is 0 Å². The molecule has 0 spiro atoms. The number of carboxylic acids is 1. The predicted octanol–water partition coefficient (Wildman–Crippen LogP) is 1.17. The average Bonchev–Trinajstić information content (AvgIpc) is 2.77. The third-order valence-electron chi connectivity index (χ3n) is 3.47. The van der Waals surface area contributed by atoms with Crippen LogP contribution in [0.25, 0.3) is 11.3 Å². The molecule has 1 N–H and O–H groups in total. The van der Waals surface area contributed by atoms with Crippen molar-refractivity contribution >= 4 is 5.97 Å². The molecule has 0 aromatic carbocycles. The zero-order chi connectivity index (χ0) is 14.3. The molecular formula is C14H13N3O3. The second kappa shape index (κ2) is 4.48. The highest BCUT2D eigenvalue weighted by Crippen LogP contribution is 2.33. The van der Waals surface area contributed by atoms with Crippen LogP contribution < -0.4 is 4.73 Å². The standard InChI is InChI=1S/C14H13N3O3/c1-2-6-17-13(14(18)19)11-4-3-9-8-16(20)7-5-10(9)12(11)15-17/h2,5,7-8H,1,3-4,6H2,(H,18,19). The van der Waals surface area contributed by atoms with Crippen LogP contribution in [0.3, 0.4) is 0 Å². The molecule has 102 valence electrons. The maximum atomic E-state index is 11.4. The minimum atomic E-state index is -0.987. The smallest absolute Gasteiger partial charge is 0.354 e. The van der Waals surface area contributed by atoms with Crippen LogP contribution in [0.15, 0.2) is 31.1 Å². The van der Waals surface area contributed by atoms with Gasteiger partial charge >= 0.3 is 5.97 Å². The molecular weight excluding hydrogens is 258 g/mol. The van der Waals surface area contributed by atoms with E-state index in [-0.39, 0.29) is 5.69 Å². The van der Waals surface area contributed by atoms with Crippen molar-refractivity contribution in [2.45, 2.75) is 19.4 Å². The molecule has 0 saturated heterocycles. The lowest BCUT2D eigenvalue weighted by atomic mass is 9.90. The number of aromatic nitrogens is 3. The number of carboxylic acid groups (broad SMARTS) is 1. The molecule has 0 atom stereocenters. The van der Waals surface area contributed by atoms with Crippen molar-refractivity contribution in [2.24, 2.45) is 0 Å². The SMILES string of the molecule is C=CCn1nc2c(c1C(=O)O)CCc1c[n+]([O-])ccc1-2. The molecule has 2 heterocycles. The van der Waals surface area contributed by atoms with E-state index in [1.54, 1.807) is 12.1 Å². The van der Waals surface area contributed by atoms with Gasteiger partial charge in [-0.1, -0.05) is 6.08 Å². The van der Waals surface area contributed by atoms with Gasteiger partial charge in [-0.15, -0.1) is 6.58 Å². The van der Waals surface area contributed by atoms with Gasteiger partial charge in [-0.2, -0.15) is 9.83 Å². The molecule has 2 aromatic rings. The molecule has 6 heteroatoms. The quantitative estimate of drug-likeness (QED) is 0.516. The summed E-state index contributed by atoms with van der Waals surface area (Å²) in [5, 5.41) is 25.1. The molecule has 0 unspecified atom stereocenters. The van der Waals surface area contributed by atoms with Gasteiger partial charge in [0.2, 0.25) is 0 Å². The Kier molecular flexibility index (Phi) is 2.78. The van der Waals surface area contributed by atoms with E-state index in [1.807, 2.05) is 0 Å². The van der Waals surface area contributed by atoms with Gasteiger partial charge in [0.05, 0.1) is 12.2 Å². The van der Waals surface area contributed by atoms with Crippen LogP contribution in [0.5, 0.6) is 0 Å². The number of rotatable bonds is 3. The Morgan fingerprint density at radius 2 is 2.40 bits per heavy atom. The lowest BCUT2D eigenvalue weighted by molar-refractivity contribution is -0.605. The topological polar surface area (TPSA) is 82.1 Å². The number of allylic oxidation sites excluding steroid dienone is 1. The first kappa shape index (κ1) is 12.4. The fourth-order valence-electron chi connectivity index (χ4n) is 2.66. The largest absolute Gasteiger partial charge is 0.619 e. The molecule has 0 amide bonds. The van der Waals surface area contributed by atoms with Crippen LogP contribution >= 0.6 is 0 Å². The highest BCUT2D eigenvalue weighted by Gasteiger charge is 2.28. The van der Waals surface area contributed by atoms with E-state index in [0.717, 1.165) is 21.4 Å². The molecule has 1 aliphatic rings. The number of pyridine rings is 1. The summed E-state index contributed by atoms with van der Waals surface area (Å²) in [4.78, 5) is 11.4. The molecule has 0 saturated carbocycles. The van der Waals surface area contributed by atoms with E-state index < -0.39 is 5.97 Å². The normalized spacial score (nSPS) is 12.6. The molecule has 3 rings (SSSR count). The van der Waals surface area contributed by atoms with Gasteiger partial charge in [-0.05, 0) is 12.8 Å². The van der Waals surface area contributed by atoms with E-state index >= 15 is 0 Å². The summed E-state index contributed by atoms with van der Waals surface area (Å²) in [6.07, 6.45) is 5.76. The van der Waals surface area contributed by atoms with Gasteiger partial charge < -0.3 is 10.3 Å².